The van der Waals surface area contributed by atoms with Gasteiger partial charge in [-0.25, -0.2) is 0 Å². The second-order valence-electron chi connectivity index (χ2n) is 5.68. The minimum Gasteiger partial charge on any atom is -0.545 e. The Balaban J connectivity index is 2.69. The van der Waals surface area contributed by atoms with Gasteiger partial charge in [-0.3, -0.25) is 4.79 Å². The number of allylic oxidation sites excluding steroid dienone is 2. The Hall–Kier alpha value is -1.81. The molecule has 0 aromatic heterocycles. The number of benzene rings is 1. The second kappa shape index (κ2) is 8.47. The molecular formula is C17H24O3Si. The van der Waals surface area contributed by atoms with Crippen molar-refractivity contribution in [1.29, 1.82) is 0 Å². The van der Waals surface area contributed by atoms with Gasteiger partial charge in [0.05, 0.1) is 5.76 Å². The van der Waals surface area contributed by atoms with Crippen LogP contribution in [0.3, 0.4) is 0 Å². The molecule has 0 bridgehead atoms. The molecule has 0 unspecified atom stereocenters. The molecule has 114 valence electrons. The van der Waals surface area contributed by atoms with E-state index in [1.165, 1.54) is 0 Å². The van der Waals surface area contributed by atoms with E-state index in [1.54, 1.807) is 0 Å². The van der Waals surface area contributed by atoms with Crippen LogP contribution in [0.2, 0.25) is 19.6 Å². The Labute approximate surface area is 128 Å². The maximum Gasteiger partial charge on any atom is 0.293 e. The van der Waals surface area contributed by atoms with E-state index in [0.29, 0.717) is 12.9 Å². The number of carbonyl (C=O) groups is 1. The molecule has 0 N–H and O–H groups in total. The first kappa shape index (κ1) is 17.2. The van der Waals surface area contributed by atoms with Crippen molar-refractivity contribution in [3.05, 3.63) is 59.9 Å². The second-order valence-corrected chi connectivity index (χ2v) is 10.1. The summed E-state index contributed by atoms with van der Waals surface area (Å²) < 4.78 is 11.1. The fourth-order valence-electron chi connectivity index (χ4n) is 1.86. The minimum atomic E-state index is -1.60. The van der Waals surface area contributed by atoms with Crippen molar-refractivity contribution < 1.29 is 14.0 Å². The Morgan fingerprint density at radius 1 is 1.24 bits per heavy atom. The summed E-state index contributed by atoms with van der Waals surface area (Å²) in [6, 6.07) is 9.73. The number of rotatable bonds is 8. The average molecular weight is 304 g/mol. The van der Waals surface area contributed by atoms with Crippen molar-refractivity contribution in [2.45, 2.75) is 39.1 Å². The summed E-state index contributed by atoms with van der Waals surface area (Å²) in [6.45, 7) is 8.89. The predicted octanol–water partition coefficient (Wildman–Crippen LogP) is 4.60. The molecule has 3 nitrogen and oxygen atoms in total. The molecule has 1 aromatic rings. The minimum absolute atomic E-state index is 0.259. The van der Waals surface area contributed by atoms with Gasteiger partial charge in [0, 0.05) is 6.42 Å². The number of hydrogen-bond acceptors (Lipinski definition) is 3. The average Bonchev–Trinajstić information content (AvgIpc) is 2.45. The Morgan fingerprint density at radius 2 is 1.90 bits per heavy atom. The molecule has 0 fully saturated rings. The van der Waals surface area contributed by atoms with Crippen LogP contribution in [0.25, 0.3) is 0 Å². The smallest absolute Gasteiger partial charge is 0.293 e. The van der Waals surface area contributed by atoms with Crippen LogP contribution in [-0.2, 0) is 14.0 Å². The van der Waals surface area contributed by atoms with Gasteiger partial charge in [-0.1, -0.05) is 36.4 Å². The van der Waals surface area contributed by atoms with E-state index >= 15 is 0 Å². The summed E-state index contributed by atoms with van der Waals surface area (Å²) >= 11 is 0. The Morgan fingerprint density at radius 3 is 2.43 bits per heavy atom. The summed E-state index contributed by atoms with van der Waals surface area (Å²) in [7, 11) is -1.60. The van der Waals surface area contributed by atoms with Gasteiger partial charge in [0.15, 0.2) is 0 Å². The molecule has 0 aliphatic heterocycles. The Kier molecular flexibility index (Phi) is 6.95. The molecule has 0 aliphatic carbocycles. The fraction of sp³-hybridized carbons (Fsp3) is 0.353. The van der Waals surface area contributed by atoms with Crippen molar-refractivity contribution in [3.8, 4) is 0 Å². The number of carbonyl (C=O) groups excluding carboxylic acids is 1. The molecule has 0 radical (unpaired) electrons. The van der Waals surface area contributed by atoms with Crippen LogP contribution >= 0.6 is 0 Å². The van der Waals surface area contributed by atoms with Crippen LogP contribution in [0.15, 0.2) is 54.3 Å². The van der Waals surface area contributed by atoms with Gasteiger partial charge >= 0.3 is 0 Å². The van der Waals surface area contributed by atoms with Crippen molar-refractivity contribution in [2.75, 3.05) is 0 Å². The molecule has 4 heteroatoms. The highest BCUT2D eigenvalue weighted by molar-refractivity contribution is 6.70. The first-order valence-electron chi connectivity index (χ1n) is 7.12. The van der Waals surface area contributed by atoms with Crippen molar-refractivity contribution in [2.24, 2.45) is 0 Å². The first-order chi connectivity index (χ1) is 9.96. The first-order valence-corrected chi connectivity index (χ1v) is 10.5. The molecule has 21 heavy (non-hydrogen) atoms. The maximum absolute atomic E-state index is 10.7. The summed E-state index contributed by atoms with van der Waals surface area (Å²) in [5, 5.41) is 0. The van der Waals surface area contributed by atoms with E-state index in [-0.39, 0.29) is 6.10 Å². The lowest BCUT2D eigenvalue weighted by Gasteiger charge is -2.20. The molecule has 0 heterocycles. The summed E-state index contributed by atoms with van der Waals surface area (Å²) in [5.74, 6) is 0.868. The van der Waals surface area contributed by atoms with Crippen LogP contribution in [0, 0.1) is 0 Å². The zero-order valence-electron chi connectivity index (χ0n) is 13.2. The van der Waals surface area contributed by atoms with Crippen LogP contribution in [0.1, 0.15) is 25.0 Å². The molecule has 0 saturated carbocycles. The standard InChI is InChI=1S/C17H24O3Si/c1-5-16(20-21(2,3)4)12-9-13-17(19-14-18)15-10-7-6-8-11-15/h5-12,14,17H,13H2,1-4H3/b12-9+,16-5+/t17-/m0/s1. The number of ether oxygens (including phenoxy) is 1. The van der Waals surface area contributed by atoms with Crippen LogP contribution in [0.5, 0.6) is 0 Å². The molecule has 0 amide bonds. The number of hydrogen-bond donors (Lipinski definition) is 0. The monoisotopic (exact) mass is 304 g/mol. The van der Waals surface area contributed by atoms with Crippen molar-refractivity contribution in [1.82, 2.24) is 0 Å². The summed E-state index contributed by atoms with van der Waals surface area (Å²) in [6.07, 6.45) is 6.24. The molecular weight excluding hydrogens is 280 g/mol. The quantitative estimate of drug-likeness (QED) is 0.305. The molecule has 1 atom stereocenters. The van der Waals surface area contributed by atoms with Gasteiger partial charge in [-0.15, -0.1) is 0 Å². The largest absolute Gasteiger partial charge is 0.545 e. The zero-order chi connectivity index (χ0) is 15.7. The third-order valence-corrected chi connectivity index (χ3v) is 3.58. The molecule has 1 aromatic carbocycles. The lowest BCUT2D eigenvalue weighted by atomic mass is 10.1. The third-order valence-electron chi connectivity index (χ3n) is 2.73. The molecule has 0 aliphatic rings. The fourth-order valence-corrected chi connectivity index (χ4v) is 2.75. The van der Waals surface area contributed by atoms with Gasteiger partial charge in [-0.2, -0.15) is 0 Å². The van der Waals surface area contributed by atoms with E-state index in [4.69, 9.17) is 9.16 Å². The van der Waals surface area contributed by atoms with Crippen LogP contribution < -0.4 is 0 Å². The summed E-state index contributed by atoms with van der Waals surface area (Å²) in [4.78, 5) is 10.7. The highest BCUT2D eigenvalue weighted by atomic mass is 28.4. The van der Waals surface area contributed by atoms with E-state index in [0.717, 1.165) is 11.3 Å². The highest BCUT2D eigenvalue weighted by Gasteiger charge is 2.16. The van der Waals surface area contributed by atoms with Gasteiger partial charge in [0.25, 0.3) is 6.47 Å². The van der Waals surface area contributed by atoms with Gasteiger partial charge in [0.2, 0.25) is 8.32 Å². The Bertz CT molecular complexity index is 487. The maximum atomic E-state index is 10.7. The molecule has 0 saturated heterocycles. The van der Waals surface area contributed by atoms with Crippen LogP contribution in [0.4, 0.5) is 0 Å². The summed E-state index contributed by atoms with van der Waals surface area (Å²) in [5.41, 5.74) is 0.988. The molecule has 1 rings (SSSR count). The van der Waals surface area contributed by atoms with Crippen molar-refractivity contribution in [3.63, 3.8) is 0 Å². The highest BCUT2D eigenvalue weighted by Crippen LogP contribution is 2.21. The van der Waals surface area contributed by atoms with Gasteiger partial charge in [0.1, 0.15) is 6.10 Å². The van der Waals surface area contributed by atoms with E-state index in [1.807, 2.05) is 55.5 Å². The van der Waals surface area contributed by atoms with Gasteiger partial charge < -0.3 is 9.16 Å². The predicted molar refractivity (Wildman–Crippen MR) is 88.3 cm³/mol. The van der Waals surface area contributed by atoms with Gasteiger partial charge in [-0.05, 0) is 44.3 Å². The topological polar surface area (TPSA) is 35.5 Å². The third kappa shape index (κ3) is 6.95. The van der Waals surface area contributed by atoms with Crippen molar-refractivity contribution >= 4 is 14.8 Å². The SMILES string of the molecule is C/C=C(\C=C\C[C@H](OC=O)c1ccccc1)O[Si](C)(C)C. The van der Waals surface area contributed by atoms with Crippen LogP contribution in [-0.4, -0.2) is 14.8 Å². The van der Waals surface area contributed by atoms with E-state index in [2.05, 4.69) is 19.6 Å². The lowest BCUT2D eigenvalue weighted by molar-refractivity contribution is -0.133. The molecule has 0 spiro atoms. The van der Waals surface area contributed by atoms with E-state index in [9.17, 15) is 4.79 Å². The lowest BCUT2D eigenvalue weighted by Crippen LogP contribution is -2.24. The zero-order valence-corrected chi connectivity index (χ0v) is 14.2. The normalized spacial score (nSPS) is 14.0. The van der Waals surface area contributed by atoms with E-state index < -0.39 is 8.32 Å².